The number of amides is 1. The van der Waals surface area contributed by atoms with Crippen LogP contribution in [0.5, 0.6) is 0 Å². The van der Waals surface area contributed by atoms with Gasteiger partial charge in [-0.25, -0.2) is 4.98 Å². The van der Waals surface area contributed by atoms with E-state index >= 15 is 0 Å². The third-order valence-corrected chi connectivity index (χ3v) is 4.69. The molecule has 0 fully saturated rings. The lowest BCUT2D eigenvalue weighted by Gasteiger charge is -2.14. The Labute approximate surface area is 157 Å². The summed E-state index contributed by atoms with van der Waals surface area (Å²) in [6.07, 6.45) is 0. The van der Waals surface area contributed by atoms with E-state index in [1.165, 1.54) is 5.56 Å². The van der Waals surface area contributed by atoms with Crippen LogP contribution >= 0.6 is 11.3 Å². The van der Waals surface area contributed by atoms with E-state index < -0.39 is 0 Å². The van der Waals surface area contributed by atoms with Gasteiger partial charge in [-0.3, -0.25) is 4.79 Å². The van der Waals surface area contributed by atoms with Gasteiger partial charge in [0.25, 0.3) is 5.91 Å². The van der Waals surface area contributed by atoms with E-state index in [0.29, 0.717) is 12.2 Å². The van der Waals surface area contributed by atoms with Crippen LogP contribution in [0.25, 0.3) is 22.4 Å². The topological polar surface area (TPSA) is 51.2 Å². The first-order valence-corrected chi connectivity index (χ1v) is 9.41. The molecular weight excluding hydrogens is 344 g/mol. The van der Waals surface area contributed by atoms with Gasteiger partial charge < -0.3 is 10.1 Å². The molecule has 0 spiro atoms. The van der Waals surface area contributed by atoms with Crippen molar-refractivity contribution in [1.82, 2.24) is 10.3 Å². The zero-order valence-corrected chi connectivity index (χ0v) is 16.0. The largest absolute Gasteiger partial charge is 0.383 e. The molecular formula is C21H22N2O2S. The van der Waals surface area contributed by atoms with Gasteiger partial charge in [-0.2, -0.15) is 0 Å². The van der Waals surface area contributed by atoms with E-state index in [-0.39, 0.29) is 11.9 Å². The molecule has 0 radical (unpaired) electrons. The molecule has 1 heterocycles. The van der Waals surface area contributed by atoms with Gasteiger partial charge in [-0.05, 0) is 43.2 Å². The van der Waals surface area contributed by atoms with Crippen LogP contribution in [0.4, 0.5) is 0 Å². The summed E-state index contributed by atoms with van der Waals surface area (Å²) in [5, 5.41) is 4.97. The molecule has 1 atom stereocenters. The van der Waals surface area contributed by atoms with Gasteiger partial charge in [0, 0.05) is 29.7 Å². The predicted octanol–water partition coefficient (Wildman–Crippen LogP) is 4.55. The van der Waals surface area contributed by atoms with Crippen LogP contribution in [0.1, 0.15) is 22.8 Å². The van der Waals surface area contributed by atoms with Gasteiger partial charge in [0.05, 0.1) is 17.8 Å². The van der Waals surface area contributed by atoms with Crippen molar-refractivity contribution in [3.05, 3.63) is 64.5 Å². The molecule has 0 aliphatic heterocycles. The second-order valence-corrected chi connectivity index (χ2v) is 7.09. The highest BCUT2D eigenvalue weighted by Gasteiger charge is 2.14. The minimum atomic E-state index is -0.111. The third-order valence-electron chi connectivity index (χ3n) is 4.10. The molecule has 134 valence electrons. The Morgan fingerprint density at radius 1 is 1.15 bits per heavy atom. The molecule has 3 rings (SSSR count). The SMILES string of the molecule is COCC(C)NC(=O)c1cc(-c2ccc(C)cc2)cc(-c2cscn2)c1. The molecule has 1 amide bonds. The highest BCUT2D eigenvalue weighted by atomic mass is 32.1. The van der Waals surface area contributed by atoms with Crippen molar-refractivity contribution >= 4 is 17.2 Å². The van der Waals surface area contributed by atoms with Crippen molar-refractivity contribution < 1.29 is 9.53 Å². The number of methoxy groups -OCH3 is 1. The Kier molecular flexibility index (Phi) is 5.81. The normalized spacial score (nSPS) is 12.0. The number of ether oxygens (including phenoxy) is 1. The molecule has 4 nitrogen and oxygen atoms in total. The number of hydrogen-bond donors (Lipinski definition) is 1. The van der Waals surface area contributed by atoms with Crippen molar-refractivity contribution in [2.75, 3.05) is 13.7 Å². The second kappa shape index (κ2) is 8.25. The van der Waals surface area contributed by atoms with E-state index in [0.717, 1.165) is 22.4 Å². The smallest absolute Gasteiger partial charge is 0.251 e. The fraction of sp³-hybridized carbons (Fsp3) is 0.238. The van der Waals surface area contributed by atoms with Crippen LogP contribution in [-0.2, 0) is 4.74 Å². The maximum absolute atomic E-state index is 12.7. The second-order valence-electron chi connectivity index (χ2n) is 6.37. The fourth-order valence-electron chi connectivity index (χ4n) is 2.77. The molecule has 1 unspecified atom stereocenters. The van der Waals surface area contributed by atoms with Crippen LogP contribution in [0.15, 0.2) is 53.4 Å². The molecule has 0 saturated carbocycles. The lowest BCUT2D eigenvalue weighted by molar-refractivity contribution is 0.0905. The van der Waals surface area contributed by atoms with Gasteiger partial charge in [-0.15, -0.1) is 11.3 Å². The summed E-state index contributed by atoms with van der Waals surface area (Å²) < 4.78 is 5.10. The summed E-state index contributed by atoms with van der Waals surface area (Å²) in [7, 11) is 1.63. The number of aromatic nitrogens is 1. The number of nitrogens with one attached hydrogen (secondary N) is 1. The quantitative estimate of drug-likeness (QED) is 0.696. The fourth-order valence-corrected chi connectivity index (χ4v) is 3.33. The zero-order valence-electron chi connectivity index (χ0n) is 15.2. The average molecular weight is 366 g/mol. The zero-order chi connectivity index (χ0) is 18.5. The first kappa shape index (κ1) is 18.3. The number of rotatable bonds is 6. The highest BCUT2D eigenvalue weighted by Crippen LogP contribution is 2.28. The molecule has 5 heteroatoms. The monoisotopic (exact) mass is 366 g/mol. The Morgan fingerprint density at radius 3 is 2.54 bits per heavy atom. The maximum Gasteiger partial charge on any atom is 0.251 e. The number of nitrogens with zero attached hydrogens (tertiary/aromatic N) is 1. The minimum Gasteiger partial charge on any atom is -0.383 e. The third kappa shape index (κ3) is 4.36. The number of carbonyl (C=O) groups excluding carboxylic acids is 1. The van der Waals surface area contributed by atoms with Gasteiger partial charge >= 0.3 is 0 Å². The standard InChI is InChI=1S/C21H22N2O2S/c1-14-4-6-16(7-5-14)17-8-18(20-12-26-13-22-20)10-19(9-17)21(24)23-15(2)11-25-3/h4-10,12-13,15H,11H2,1-3H3,(H,23,24). The molecule has 0 bridgehead atoms. The van der Waals surface area contributed by atoms with Gasteiger partial charge in [-0.1, -0.05) is 29.8 Å². The molecule has 1 aromatic heterocycles. The molecule has 26 heavy (non-hydrogen) atoms. The number of thiazole rings is 1. The number of benzene rings is 2. The van der Waals surface area contributed by atoms with Crippen molar-refractivity contribution in [3.63, 3.8) is 0 Å². The summed E-state index contributed by atoms with van der Waals surface area (Å²) >= 11 is 1.54. The van der Waals surface area contributed by atoms with Crippen molar-refractivity contribution in [1.29, 1.82) is 0 Å². The predicted molar refractivity (Wildman–Crippen MR) is 107 cm³/mol. The van der Waals surface area contributed by atoms with E-state index in [9.17, 15) is 4.79 Å². The molecule has 0 saturated heterocycles. The van der Waals surface area contributed by atoms with Gasteiger partial charge in [0.1, 0.15) is 0 Å². The van der Waals surface area contributed by atoms with Crippen LogP contribution in [-0.4, -0.2) is 30.6 Å². The number of aryl methyl sites for hydroxylation is 1. The van der Waals surface area contributed by atoms with Crippen molar-refractivity contribution in [2.24, 2.45) is 0 Å². The molecule has 1 N–H and O–H groups in total. The molecule has 0 aliphatic rings. The van der Waals surface area contributed by atoms with Gasteiger partial charge in [0.2, 0.25) is 0 Å². The molecule has 2 aromatic carbocycles. The summed E-state index contributed by atoms with van der Waals surface area (Å²) in [4.78, 5) is 17.1. The van der Waals surface area contributed by atoms with Crippen LogP contribution in [0.3, 0.4) is 0 Å². The Bertz CT molecular complexity index is 874. The summed E-state index contributed by atoms with van der Waals surface area (Å²) in [6.45, 7) is 4.46. The Balaban J connectivity index is 2.00. The van der Waals surface area contributed by atoms with Crippen molar-refractivity contribution in [3.8, 4) is 22.4 Å². The summed E-state index contributed by atoms with van der Waals surface area (Å²) in [5.74, 6) is -0.111. The maximum atomic E-state index is 12.7. The Morgan fingerprint density at radius 2 is 1.88 bits per heavy atom. The number of hydrogen-bond acceptors (Lipinski definition) is 4. The first-order valence-electron chi connectivity index (χ1n) is 8.47. The minimum absolute atomic E-state index is 0.0572. The first-order chi connectivity index (χ1) is 12.6. The van der Waals surface area contributed by atoms with E-state index in [4.69, 9.17) is 4.74 Å². The van der Waals surface area contributed by atoms with Crippen LogP contribution in [0, 0.1) is 6.92 Å². The van der Waals surface area contributed by atoms with Gasteiger partial charge in [0.15, 0.2) is 0 Å². The van der Waals surface area contributed by atoms with E-state index in [1.807, 2.05) is 24.4 Å². The number of carbonyl (C=O) groups is 1. The van der Waals surface area contributed by atoms with Crippen LogP contribution < -0.4 is 5.32 Å². The lowest BCUT2D eigenvalue weighted by atomic mass is 9.97. The summed E-state index contributed by atoms with van der Waals surface area (Å²) in [5.41, 5.74) is 7.52. The molecule has 3 aromatic rings. The van der Waals surface area contributed by atoms with E-state index in [1.54, 1.807) is 24.0 Å². The van der Waals surface area contributed by atoms with E-state index in [2.05, 4.69) is 47.6 Å². The molecule has 0 aliphatic carbocycles. The summed E-state index contributed by atoms with van der Waals surface area (Å²) in [6, 6.07) is 14.1. The lowest BCUT2D eigenvalue weighted by Crippen LogP contribution is -2.35. The van der Waals surface area contributed by atoms with Crippen LogP contribution in [0.2, 0.25) is 0 Å². The highest BCUT2D eigenvalue weighted by molar-refractivity contribution is 7.07. The van der Waals surface area contributed by atoms with Crippen molar-refractivity contribution in [2.45, 2.75) is 19.9 Å². The average Bonchev–Trinajstić information content (AvgIpc) is 3.17. The Hall–Kier alpha value is -2.50.